The van der Waals surface area contributed by atoms with E-state index in [1.165, 1.54) is 25.7 Å². The van der Waals surface area contributed by atoms with E-state index in [9.17, 15) is 0 Å². The largest absolute Gasteiger partial charge is 0.0877 e. The van der Waals surface area contributed by atoms with Crippen LogP contribution in [0.15, 0.2) is 24.3 Å². The molecule has 0 heteroatoms. The summed E-state index contributed by atoms with van der Waals surface area (Å²) in [6.45, 7) is 9.35. The molecule has 0 atom stereocenters. The topological polar surface area (TPSA) is 0 Å². The van der Waals surface area contributed by atoms with Crippen LogP contribution >= 0.6 is 0 Å². The molecule has 0 nitrogen and oxygen atoms in total. The summed E-state index contributed by atoms with van der Waals surface area (Å²) in [5.74, 6) is 0. The Morgan fingerprint density at radius 1 is 0.714 bits per heavy atom. The number of hydrogen-bond donors (Lipinski definition) is 0. The molecule has 0 saturated carbocycles. The minimum Gasteiger partial charge on any atom is -0.0877 e. The summed E-state index contributed by atoms with van der Waals surface area (Å²) < 4.78 is 0. The average Bonchev–Trinajstić information content (AvgIpc) is 2.08. The zero-order valence-corrected chi connectivity index (χ0v) is 10.1. The van der Waals surface area contributed by atoms with E-state index in [4.69, 9.17) is 0 Å². The number of hydrogen-bond acceptors (Lipinski definition) is 0. The Hall–Kier alpha value is -0.520. The lowest BCUT2D eigenvalue weighted by molar-refractivity contribution is 0.328. The van der Waals surface area contributed by atoms with Crippen LogP contribution in [0.5, 0.6) is 0 Å². The summed E-state index contributed by atoms with van der Waals surface area (Å²) >= 11 is 0. The van der Waals surface area contributed by atoms with Crippen LogP contribution in [0.4, 0.5) is 0 Å². The van der Waals surface area contributed by atoms with Gasteiger partial charge in [0.2, 0.25) is 0 Å². The van der Waals surface area contributed by atoms with Crippen LogP contribution in [-0.4, -0.2) is 0 Å². The lowest BCUT2D eigenvalue weighted by atomic mass is 9.78. The summed E-state index contributed by atoms with van der Waals surface area (Å²) in [5, 5.41) is 0. The zero-order valence-electron chi connectivity index (χ0n) is 10.1. The van der Waals surface area contributed by atoms with Gasteiger partial charge >= 0.3 is 0 Å². The molecule has 0 unspecified atom stereocenters. The molecule has 0 aliphatic heterocycles. The molecule has 0 radical (unpaired) electrons. The van der Waals surface area contributed by atoms with Crippen LogP contribution in [-0.2, 0) is 0 Å². The van der Waals surface area contributed by atoms with Crippen molar-refractivity contribution in [1.29, 1.82) is 0 Å². The Bertz CT molecular complexity index is 202. The van der Waals surface area contributed by atoms with Crippen molar-refractivity contribution in [2.45, 2.75) is 53.4 Å². The molecular formula is C14H24. The van der Waals surface area contributed by atoms with Gasteiger partial charge in [0, 0.05) is 0 Å². The van der Waals surface area contributed by atoms with Gasteiger partial charge in [0.1, 0.15) is 0 Å². The monoisotopic (exact) mass is 192 g/mol. The highest BCUT2D eigenvalue weighted by Crippen LogP contribution is 2.33. The number of rotatable bonds is 0. The molecule has 0 spiro atoms. The van der Waals surface area contributed by atoms with Crippen LogP contribution in [0.1, 0.15) is 53.4 Å². The summed E-state index contributed by atoms with van der Waals surface area (Å²) in [7, 11) is 0. The number of allylic oxidation sites excluding steroid dienone is 4. The highest BCUT2D eigenvalue weighted by molar-refractivity contribution is 5.02. The molecule has 14 heavy (non-hydrogen) atoms. The first-order valence-electron chi connectivity index (χ1n) is 5.77. The maximum absolute atomic E-state index is 2.39. The van der Waals surface area contributed by atoms with Crippen molar-refractivity contribution < 1.29 is 0 Å². The van der Waals surface area contributed by atoms with Gasteiger partial charge in [0.15, 0.2) is 0 Å². The van der Waals surface area contributed by atoms with Crippen LogP contribution in [0.3, 0.4) is 0 Å². The standard InChI is InChI=1S/C14H24/c1-13(2)9-7-5-6-8-10-14(3,4)12-11-13/h7-10H,5-6,11-12H2,1-4H3. The van der Waals surface area contributed by atoms with Crippen molar-refractivity contribution in [2.75, 3.05) is 0 Å². The summed E-state index contributed by atoms with van der Waals surface area (Å²) in [6.07, 6.45) is 14.4. The molecule has 80 valence electrons. The predicted molar refractivity (Wildman–Crippen MR) is 64.3 cm³/mol. The van der Waals surface area contributed by atoms with Gasteiger partial charge in [-0.1, -0.05) is 52.0 Å². The third-order valence-electron chi connectivity index (χ3n) is 3.05. The van der Waals surface area contributed by atoms with Crippen LogP contribution in [0, 0.1) is 10.8 Å². The first-order valence-corrected chi connectivity index (χ1v) is 5.77. The molecule has 0 saturated heterocycles. The van der Waals surface area contributed by atoms with Crippen molar-refractivity contribution >= 4 is 0 Å². The third-order valence-corrected chi connectivity index (χ3v) is 3.05. The van der Waals surface area contributed by atoms with E-state index in [1.807, 2.05) is 0 Å². The molecule has 0 aromatic carbocycles. The second-order valence-electron chi connectivity index (χ2n) is 5.86. The normalized spacial score (nSPS) is 26.0. The summed E-state index contributed by atoms with van der Waals surface area (Å²) in [4.78, 5) is 0. The second kappa shape index (κ2) is 4.33. The Morgan fingerprint density at radius 2 is 1.07 bits per heavy atom. The summed E-state index contributed by atoms with van der Waals surface area (Å²) in [6, 6.07) is 0. The van der Waals surface area contributed by atoms with Crippen LogP contribution in [0.25, 0.3) is 0 Å². The first kappa shape index (κ1) is 11.6. The summed E-state index contributed by atoms with van der Waals surface area (Å²) in [5.41, 5.74) is 0.755. The lowest BCUT2D eigenvalue weighted by Crippen LogP contribution is -2.15. The van der Waals surface area contributed by atoms with Gasteiger partial charge in [0.25, 0.3) is 0 Å². The van der Waals surface area contributed by atoms with Crippen molar-refractivity contribution in [3.05, 3.63) is 24.3 Å². The average molecular weight is 192 g/mol. The van der Waals surface area contributed by atoms with Gasteiger partial charge in [-0.15, -0.1) is 0 Å². The molecular weight excluding hydrogens is 168 g/mol. The molecule has 0 fully saturated rings. The van der Waals surface area contributed by atoms with Gasteiger partial charge in [-0.05, 0) is 36.5 Å². The predicted octanol–water partition coefficient (Wildman–Crippen LogP) is 4.73. The molecule has 0 amide bonds. The molecule has 1 rings (SSSR count). The van der Waals surface area contributed by atoms with Crippen LogP contribution < -0.4 is 0 Å². The molecule has 0 heterocycles. The second-order valence-corrected chi connectivity index (χ2v) is 5.86. The van der Waals surface area contributed by atoms with Gasteiger partial charge in [-0.2, -0.15) is 0 Å². The van der Waals surface area contributed by atoms with E-state index < -0.39 is 0 Å². The Labute approximate surface area is 89.1 Å². The SMILES string of the molecule is CC1(C)C=CCCC=CC(C)(C)CC1. The van der Waals surface area contributed by atoms with Crippen LogP contribution in [0.2, 0.25) is 0 Å². The van der Waals surface area contributed by atoms with E-state index in [-0.39, 0.29) is 0 Å². The van der Waals surface area contributed by atoms with E-state index in [0.717, 1.165) is 0 Å². The van der Waals surface area contributed by atoms with Crippen molar-refractivity contribution in [3.63, 3.8) is 0 Å². The van der Waals surface area contributed by atoms with Crippen molar-refractivity contribution in [3.8, 4) is 0 Å². The zero-order chi connectivity index (χ0) is 10.7. The minimum atomic E-state index is 0.377. The van der Waals surface area contributed by atoms with Gasteiger partial charge in [0.05, 0.1) is 0 Å². The maximum Gasteiger partial charge on any atom is -0.0175 e. The fourth-order valence-electron chi connectivity index (χ4n) is 1.81. The maximum atomic E-state index is 2.39. The van der Waals surface area contributed by atoms with E-state index in [0.29, 0.717) is 10.8 Å². The molecule has 0 bridgehead atoms. The minimum absolute atomic E-state index is 0.377. The Kier molecular flexibility index (Phi) is 3.58. The quantitative estimate of drug-likeness (QED) is 0.487. The molecule has 1 aliphatic carbocycles. The highest BCUT2D eigenvalue weighted by Gasteiger charge is 2.20. The smallest absolute Gasteiger partial charge is 0.0175 e. The molecule has 0 aromatic rings. The van der Waals surface area contributed by atoms with E-state index in [1.54, 1.807) is 0 Å². The van der Waals surface area contributed by atoms with Crippen molar-refractivity contribution in [1.82, 2.24) is 0 Å². The van der Waals surface area contributed by atoms with Gasteiger partial charge in [-0.25, -0.2) is 0 Å². The Balaban J connectivity index is 2.70. The lowest BCUT2D eigenvalue weighted by Gasteiger charge is -2.27. The fourth-order valence-corrected chi connectivity index (χ4v) is 1.81. The van der Waals surface area contributed by atoms with E-state index in [2.05, 4.69) is 52.0 Å². The van der Waals surface area contributed by atoms with E-state index >= 15 is 0 Å². The third kappa shape index (κ3) is 4.13. The highest BCUT2D eigenvalue weighted by atomic mass is 14.3. The van der Waals surface area contributed by atoms with Crippen molar-refractivity contribution in [2.24, 2.45) is 10.8 Å². The molecule has 0 N–H and O–H groups in total. The molecule has 0 aromatic heterocycles. The Morgan fingerprint density at radius 3 is 1.43 bits per heavy atom. The first-order chi connectivity index (χ1) is 6.41. The van der Waals surface area contributed by atoms with Gasteiger partial charge in [-0.3, -0.25) is 0 Å². The van der Waals surface area contributed by atoms with Gasteiger partial charge < -0.3 is 0 Å². The fraction of sp³-hybridized carbons (Fsp3) is 0.714. The molecule has 1 aliphatic rings.